The van der Waals surface area contributed by atoms with Gasteiger partial charge in [-0.25, -0.2) is 0 Å². The average Bonchev–Trinajstić information content (AvgIpc) is 3.64. The van der Waals surface area contributed by atoms with Crippen molar-refractivity contribution in [1.82, 2.24) is 31.9 Å². The Morgan fingerprint density at radius 3 is 2.00 bits per heavy atom. The molecule has 2 aromatic carbocycles. The number of nitrogens with two attached hydrogens (primary N) is 1. The van der Waals surface area contributed by atoms with Gasteiger partial charge in [0.05, 0.1) is 23.8 Å². The summed E-state index contributed by atoms with van der Waals surface area (Å²) >= 11 is 0. The van der Waals surface area contributed by atoms with E-state index in [0.29, 0.717) is 36.8 Å². The number of hydrogen-bond acceptors (Lipinski definition) is 10. The molecule has 16 nitrogen and oxygen atoms in total. The molecule has 17 heteroatoms. The molecular weight excluding hydrogens is 829 g/mol. The largest absolute Gasteiger partial charge is 0.481 e. The van der Waals surface area contributed by atoms with Gasteiger partial charge < -0.3 is 52.0 Å². The summed E-state index contributed by atoms with van der Waals surface area (Å²) in [5.74, 6) is -3.13. The maximum Gasteiger partial charge on any atom is 0.481 e. The molecule has 6 rings (SSSR count). The lowest BCUT2D eigenvalue weighted by Crippen LogP contribution is -2.65. The van der Waals surface area contributed by atoms with Crippen molar-refractivity contribution in [3.63, 3.8) is 0 Å². The fraction of sp³-hybridized carbons (Fsp3) is 0.625. The Balaban J connectivity index is 1.06. The van der Waals surface area contributed by atoms with Gasteiger partial charge in [-0.1, -0.05) is 63.6 Å². The van der Waals surface area contributed by atoms with Crippen LogP contribution in [0.2, 0.25) is 0 Å². The van der Waals surface area contributed by atoms with Gasteiger partial charge >= 0.3 is 7.12 Å². The number of benzene rings is 2. The Kier molecular flexibility index (Phi) is 17.8. The molecule has 0 spiro atoms. The number of aliphatic hydroxyl groups is 1. The lowest BCUT2D eigenvalue weighted by atomic mass is 9.43. The molecule has 0 radical (unpaired) electrons. The van der Waals surface area contributed by atoms with Crippen molar-refractivity contribution in [3.05, 3.63) is 59.7 Å². The van der Waals surface area contributed by atoms with Crippen LogP contribution in [0.4, 0.5) is 0 Å². The van der Waals surface area contributed by atoms with Crippen molar-refractivity contribution in [2.45, 2.75) is 161 Å². The zero-order chi connectivity index (χ0) is 47.6. The highest BCUT2D eigenvalue weighted by molar-refractivity contribution is 6.47. The summed E-state index contributed by atoms with van der Waals surface area (Å²) in [5, 5.41) is 26.5. The van der Waals surface area contributed by atoms with Gasteiger partial charge in [0.15, 0.2) is 0 Å². The van der Waals surface area contributed by atoms with Crippen LogP contribution in [0.3, 0.4) is 0 Å². The number of unbranched alkanes of at least 4 members (excludes halogenated alkanes) is 2. The van der Waals surface area contributed by atoms with Gasteiger partial charge in [-0.05, 0) is 132 Å². The first-order chi connectivity index (χ1) is 30.8. The molecule has 65 heavy (non-hydrogen) atoms. The van der Waals surface area contributed by atoms with Crippen LogP contribution < -0.4 is 37.6 Å². The predicted molar refractivity (Wildman–Crippen MR) is 249 cm³/mol. The number of rotatable bonds is 23. The molecule has 3 saturated carbocycles. The third-order valence-corrected chi connectivity index (χ3v) is 13.8. The Hall–Kier alpha value is -4.84. The maximum absolute atomic E-state index is 13.5. The van der Waals surface area contributed by atoms with E-state index in [-0.39, 0.29) is 36.8 Å². The maximum atomic E-state index is 13.5. The number of aryl methyl sites for hydroxylation is 1. The van der Waals surface area contributed by atoms with Crippen LogP contribution in [0.25, 0.3) is 11.1 Å². The van der Waals surface area contributed by atoms with E-state index >= 15 is 0 Å². The minimum atomic E-state index is -1.49. The van der Waals surface area contributed by atoms with Crippen LogP contribution in [0.15, 0.2) is 48.5 Å². The molecule has 10 atom stereocenters. The van der Waals surface area contributed by atoms with Crippen LogP contribution in [-0.4, -0.2) is 109 Å². The third-order valence-electron chi connectivity index (χ3n) is 13.8. The first kappa shape index (κ1) is 51.2. The molecule has 4 fully saturated rings. The third kappa shape index (κ3) is 12.7. The first-order valence-electron chi connectivity index (χ1n) is 23.5. The van der Waals surface area contributed by atoms with Crippen molar-refractivity contribution in [3.8, 4) is 11.1 Å². The van der Waals surface area contributed by atoms with Gasteiger partial charge in [0.2, 0.25) is 29.5 Å². The average molecular weight is 902 g/mol. The number of amides is 6. The van der Waals surface area contributed by atoms with Gasteiger partial charge in [0, 0.05) is 18.5 Å². The van der Waals surface area contributed by atoms with Gasteiger partial charge in [-0.2, -0.15) is 0 Å². The predicted octanol–water partition coefficient (Wildman–Crippen LogP) is 3.08. The monoisotopic (exact) mass is 902 g/mol. The minimum Gasteiger partial charge on any atom is -0.404 e. The van der Waals surface area contributed by atoms with Crippen LogP contribution in [0.5, 0.6) is 0 Å². The number of aliphatic hydroxyl groups excluding tert-OH is 1. The first-order valence-corrected chi connectivity index (χ1v) is 23.5. The van der Waals surface area contributed by atoms with E-state index in [1.54, 1.807) is 19.1 Å². The van der Waals surface area contributed by atoms with Crippen molar-refractivity contribution < 1.29 is 43.2 Å². The van der Waals surface area contributed by atoms with E-state index < -0.39 is 78.5 Å². The Bertz CT molecular complexity index is 1980. The Morgan fingerprint density at radius 1 is 0.785 bits per heavy atom. The van der Waals surface area contributed by atoms with Gasteiger partial charge in [-0.15, -0.1) is 0 Å². The summed E-state index contributed by atoms with van der Waals surface area (Å²) < 4.78 is 12.8. The zero-order valence-corrected chi connectivity index (χ0v) is 39.5. The minimum absolute atomic E-state index is 0.00331. The molecule has 9 N–H and O–H groups in total. The Morgan fingerprint density at radius 2 is 1.40 bits per heavy atom. The van der Waals surface area contributed by atoms with Crippen LogP contribution in [-0.2, 0) is 39.7 Å². The van der Waals surface area contributed by atoms with Crippen molar-refractivity contribution in [2.24, 2.45) is 23.0 Å². The van der Waals surface area contributed by atoms with E-state index in [4.69, 9.17) is 15.0 Å². The molecule has 2 unspecified atom stereocenters. The van der Waals surface area contributed by atoms with Crippen LogP contribution >= 0.6 is 0 Å². The number of carbonyl (C=O) groups excluding carboxylic acids is 6. The summed E-state index contributed by atoms with van der Waals surface area (Å²) in [7, 11) is -0.641. The summed E-state index contributed by atoms with van der Waals surface area (Å²) in [5.41, 5.74) is 9.16. The molecular formula is C48H72BN7O9. The second-order valence-electron chi connectivity index (χ2n) is 19.1. The fourth-order valence-electron chi connectivity index (χ4n) is 9.44. The molecule has 1 saturated heterocycles. The Labute approximate surface area is 384 Å². The number of hydrogen-bond donors (Lipinski definition) is 8. The van der Waals surface area contributed by atoms with Gasteiger partial charge in [0.1, 0.15) is 24.2 Å². The molecule has 356 valence electrons. The van der Waals surface area contributed by atoms with E-state index in [1.165, 1.54) is 26.3 Å². The van der Waals surface area contributed by atoms with Gasteiger partial charge in [0.25, 0.3) is 5.91 Å². The van der Waals surface area contributed by atoms with Crippen LogP contribution in [0, 0.1) is 17.3 Å². The van der Waals surface area contributed by atoms with E-state index in [2.05, 4.69) is 83.9 Å². The normalized spacial score (nSPS) is 23.2. The summed E-state index contributed by atoms with van der Waals surface area (Å²) in [4.78, 5) is 79.2. The molecule has 3 aliphatic carbocycles. The quantitative estimate of drug-likeness (QED) is 0.0599. The highest BCUT2D eigenvalue weighted by Crippen LogP contribution is 2.65. The summed E-state index contributed by atoms with van der Waals surface area (Å²) in [6.45, 7) is 15.2. The molecule has 1 heterocycles. The molecule has 2 aromatic rings. The highest BCUT2D eigenvalue weighted by Gasteiger charge is 2.68. The standard InChI is InChI=1S/C48H72BN7O9/c1-9-10-13-32-15-17-33(18-16-32)34-19-21-35(22-20-34)44(61)51-25-23-40(58)55-37(14-11-12-24-50)45(62)56-41(30(4)57)46(63)53-28(2)42(59)52-29(3)43(60)54-31(5)49-64-39-27-36-26-38(47(36,6)7)48(39,8)65-49/h15-22,28-31,36-39,41,57H,9-14,23-27,50H2,1-8H3,(H,51,61)(H,52,59)(H,53,63)(H,54,60)(H,55,58)(H,56,62)/t28-,29-,30?,31-,36-,37-,38-,39?,41-,48-/m0/s1. The van der Waals surface area contributed by atoms with E-state index in [1.807, 2.05) is 12.1 Å². The second kappa shape index (κ2) is 22.6. The van der Waals surface area contributed by atoms with E-state index in [9.17, 15) is 33.9 Å². The SMILES string of the molecule is CCCCc1ccc(-c2ccc(C(=O)NCCC(=O)N[C@@H](CCCCN)C(=O)N[C@H](C(=O)N[C@@H](C)C(=O)N[C@@H](C)C(=O)N[C@@H](C)B3OC4C[C@@H]5C[C@@H](C5(C)C)[C@]4(C)O3)C(C)O)cc2)cc1. The molecule has 4 aliphatic rings. The number of nitrogens with one attached hydrogen (secondary N) is 6. The van der Waals surface area contributed by atoms with Crippen molar-refractivity contribution in [2.75, 3.05) is 13.1 Å². The molecule has 2 bridgehead atoms. The topological polar surface area (TPSA) is 239 Å². The summed E-state index contributed by atoms with van der Waals surface area (Å²) in [6.07, 6.45) is 5.02. The van der Waals surface area contributed by atoms with Crippen LogP contribution in [0.1, 0.15) is 123 Å². The van der Waals surface area contributed by atoms with Crippen molar-refractivity contribution >= 4 is 42.6 Å². The molecule has 1 aliphatic heterocycles. The number of carbonyl (C=O) groups is 6. The van der Waals surface area contributed by atoms with E-state index in [0.717, 1.165) is 43.2 Å². The second-order valence-corrected chi connectivity index (χ2v) is 19.1. The smallest absolute Gasteiger partial charge is 0.404 e. The lowest BCUT2D eigenvalue weighted by Gasteiger charge is -2.64. The van der Waals surface area contributed by atoms with Gasteiger partial charge in [-0.3, -0.25) is 28.8 Å². The zero-order valence-electron chi connectivity index (χ0n) is 39.5. The highest BCUT2D eigenvalue weighted by atomic mass is 16.7. The lowest BCUT2D eigenvalue weighted by molar-refractivity contribution is -0.199. The summed E-state index contributed by atoms with van der Waals surface area (Å²) in [6, 6.07) is 10.9. The molecule has 6 amide bonds. The molecule has 0 aromatic heterocycles. The fourth-order valence-corrected chi connectivity index (χ4v) is 9.44. The van der Waals surface area contributed by atoms with Crippen molar-refractivity contribution in [1.29, 1.82) is 0 Å².